The molecule has 4 nitrogen and oxygen atoms in total. The van der Waals surface area contributed by atoms with Crippen LogP contribution < -0.4 is 14.8 Å². The molecule has 0 bridgehead atoms. The number of likely N-dealkylation sites (N-methyl/N-ethyl adjacent to an activating group) is 1. The number of rotatable bonds is 4. The van der Waals surface area contributed by atoms with E-state index in [0.29, 0.717) is 11.5 Å². The Kier molecular flexibility index (Phi) is 2.96. The van der Waals surface area contributed by atoms with Crippen molar-refractivity contribution in [1.29, 1.82) is 0 Å². The van der Waals surface area contributed by atoms with Crippen LogP contribution in [0.4, 0.5) is 0 Å². The lowest BCUT2D eigenvalue weighted by Crippen LogP contribution is -2.31. The van der Waals surface area contributed by atoms with Crippen molar-refractivity contribution in [2.24, 2.45) is 0 Å². The van der Waals surface area contributed by atoms with E-state index in [-0.39, 0.29) is 11.3 Å². The summed E-state index contributed by atoms with van der Waals surface area (Å²) in [5.41, 5.74) is 0.642. The summed E-state index contributed by atoms with van der Waals surface area (Å²) in [6.45, 7) is 0. The van der Waals surface area contributed by atoms with Crippen LogP contribution in [-0.2, 0) is 10.2 Å². The molecule has 0 saturated heterocycles. The fourth-order valence-corrected chi connectivity index (χ4v) is 2.15. The van der Waals surface area contributed by atoms with Gasteiger partial charge in [-0.2, -0.15) is 0 Å². The smallest absolute Gasteiger partial charge is 0.230 e. The first-order valence-electron chi connectivity index (χ1n) is 5.62. The number of methoxy groups -OCH3 is 2. The van der Waals surface area contributed by atoms with Gasteiger partial charge in [-0.1, -0.05) is 6.07 Å². The molecule has 2 rings (SSSR count). The summed E-state index contributed by atoms with van der Waals surface area (Å²) in [6.07, 6.45) is 1.78. The zero-order valence-electron chi connectivity index (χ0n) is 10.4. The van der Waals surface area contributed by atoms with Crippen LogP contribution in [-0.4, -0.2) is 27.2 Å². The van der Waals surface area contributed by atoms with Gasteiger partial charge in [0.15, 0.2) is 11.5 Å². The molecule has 0 spiro atoms. The number of benzene rings is 1. The molecule has 0 radical (unpaired) electrons. The average Bonchev–Trinajstić information content (AvgIpc) is 3.18. The van der Waals surface area contributed by atoms with Crippen LogP contribution in [0.15, 0.2) is 18.2 Å². The molecule has 1 aliphatic carbocycles. The maximum Gasteiger partial charge on any atom is 0.230 e. The van der Waals surface area contributed by atoms with E-state index < -0.39 is 0 Å². The Balaban J connectivity index is 2.37. The van der Waals surface area contributed by atoms with Gasteiger partial charge in [0.2, 0.25) is 5.91 Å². The van der Waals surface area contributed by atoms with Crippen LogP contribution in [0.25, 0.3) is 0 Å². The van der Waals surface area contributed by atoms with Crippen LogP contribution in [0.5, 0.6) is 11.5 Å². The molecule has 17 heavy (non-hydrogen) atoms. The number of hydrogen-bond donors (Lipinski definition) is 1. The number of nitrogens with one attached hydrogen (secondary N) is 1. The first-order chi connectivity index (χ1) is 8.17. The maximum absolute atomic E-state index is 11.9. The van der Waals surface area contributed by atoms with Crippen molar-refractivity contribution in [2.75, 3.05) is 21.3 Å². The highest BCUT2D eigenvalue weighted by Crippen LogP contribution is 2.49. The van der Waals surface area contributed by atoms with Crippen LogP contribution >= 0.6 is 0 Å². The number of hydrogen-bond acceptors (Lipinski definition) is 3. The largest absolute Gasteiger partial charge is 0.493 e. The fourth-order valence-electron chi connectivity index (χ4n) is 2.15. The lowest BCUT2D eigenvalue weighted by molar-refractivity contribution is -0.123. The van der Waals surface area contributed by atoms with Crippen molar-refractivity contribution in [3.63, 3.8) is 0 Å². The van der Waals surface area contributed by atoms with E-state index in [2.05, 4.69) is 5.32 Å². The van der Waals surface area contributed by atoms with E-state index in [9.17, 15) is 4.79 Å². The lowest BCUT2D eigenvalue weighted by atomic mass is 9.94. The molecule has 1 fully saturated rings. The summed E-state index contributed by atoms with van der Waals surface area (Å²) in [6, 6.07) is 5.67. The average molecular weight is 235 g/mol. The summed E-state index contributed by atoms with van der Waals surface area (Å²) in [4.78, 5) is 11.9. The second-order valence-electron chi connectivity index (χ2n) is 4.23. The molecule has 1 aromatic rings. The summed E-state index contributed by atoms with van der Waals surface area (Å²) in [7, 11) is 4.87. The summed E-state index contributed by atoms with van der Waals surface area (Å²) < 4.78 is 10.4. The molecule has 0 aliphatic heterocycles. The van der Waals surface area contributed by atoms with Crippen molar-refractivity contribution in [2.45, 2.75) is 18.3 Å². The van der Waals surface area contributed by atoms with E-state index >= 15 is 0 Å². The van der Waals surface area contributed by atoms with E-state index in [1.807, 2.05) is 18.2 Å². The van der Waals surface area contributed by atoms with Gasteiger partial charge in [-0.15, -0.1) is 0 Å². The van der Waals surface area contributed by atoms with Crippen molar-refractivity contribution in [3.05, 3.63) is 23.8 Å². The molecule has 1 aliphatic rings. The van der Waals surface area contributed by atoms with Gasteiger partial charge in [0, 0.05) is 7.05 Å². The second kappa shape index (κ2) is 4.28. The SMILES string of the molecule is CNC(=O)C1(c2ccc(OC)c(OC)c2)CC1. The Morgan fingerprint density at radius 3 is 2.35 bits per heavy atom. The van der Waals surface area contributed by atoms with Gasteiger partial charge >= 0.3 is 0 Å². The molecule has 0 aromatic heterocycles. The fraction of sp³-hybridized carbons (Fsp3) is 0.462. The molecule has 0 heterocycles. The van der Waals surface area contributed by atoms with Gasteiger partial charge < -0.3 is 14.8 Å². The zero-order valence-corrected chi connectivity index (χ0v) is 10.4. The Morgan fingerprint density at radius 2 is 1.88 bits per heavy atom. The zero-order chi connectivity index (χ0) is 12.5. The topological polar surface area (TPSA) is 47.6 Å². The number of amides is 1. The Hall–Kier alpha value is -1.71. The van der Waals surface area contributed by atoms with Crippen molar-refractivity contribution < 1.29 is 14.3 Å². The minimum Gasteiger partial charge on any atom is -0.493 e. The van der Waals surface area contributed by atoms with Crippen LogP contribution in [0, 0.1) is 0 Å². The van der Waals surface area contributed by atoms with E-state index in [4.69, 9.17) is 9.47 Å². The van der Waals surface area contributed by atoms with Gasteiger partial charge in [-0.3, -0.25) is 4.79 Å². The van der Waals surface area contributed by atoms with Crippen molar-refractivity contribution in [1.82, 2.24) is 5.32 Å². The van der Waals surface area contributed by atoms with E-state index in [1.165, 1.54) is 0 Å². The predicted octanol–water partition coefficient (Wildman–Crippen LogP) is 1.48. The first kappa shape index (κ1) is 11.8. The third-order valence-corrected chi connectivity index (χ3v) is 3.35. The van der Waals surface area contributed by atoms with E-state index in [0.717, 1.165) is 18.4 Å². The molecule has 0 atom stereocenters. The van der Waals surface area contributed by atoms with Crippen LogP contribution in [0.1, 0.15) is 18.4 Å². The van der Waals surface area contributed by atoms with Gasteiger partial charge in [0.1, 0.15) is 0 Å². The highest BCUT2D eigenvalue weighted by Gasteiger charge is 2.51. The number of carbonyl (C=O) groups is 1. The Bertz CT molecular complexity index is 438. The maximum atomic E-state index is 11.9. The normalized spacial score (nSPS) is 16.2. The monoisotopic (exact) mass is 235 g/mol. The summed E-state index contributed by atoms with van der Waals surface area (Å²) in [5, 5.41) is 2.72. The van der Waals surface area contributed by atoms with Crippen LogP contribution in [0.3, 0.4) is 0 Å². The van der Waals surface area contributed by atoms with Gasteiger partial charge in [-0.25, -0.2) is 0 Å². The highest BCUT2D eigenvalue weighted by molar-refractivity contribution is 5.91. The van der Waals surface area contributed by atoms with Gasteiger partial charge in [0.05, 0.1) is 19.6 Å². The minimum absolute atomic E-state index is 0.0738. The molecule has 1 aromatic carbocycles. The van der Waals surface area contributed by atoms with Gasteiger partial charge in [-0.05, 0) is 30.5 Å². The molecule has 1 saturated carbocycles. The molecular weight excluding hydrogens is 218 g/mol. The number of ether oxygens (including phenoxy) is 2. The summed E-state index contributed by atoms with van der Waals surface area (Å²) >= 11 is 0. The predicted molar refractivity (Wildman–Crippen MR) is 64.5 cm³/mol. The Labute approximate surface area is 101 Å². The molecule has 0 unspecified atom stereocenters. The summed E-state index contributed by atoms with van der Waals surface area (Å²) in [5.74, 6) is 1.42. The van der Waals surface area contributed by atoms with Crippen molar-refractivity contribution >= 4 is 5.91 Å². The first-order valence-corrected chi connectivity index (χ1v) is 5.62. The quantitative estimate of drug-likeness (QED) is 0.860. The third kappa shape index (κ3) is 1.84. The molecular formula is C13H17NO3. The molecule has 1 amide bonds. The van der Waals surface area contributed by atoms with Crippen LogP contribution in [0.2, 0.25) is 0 Å². The molecule has 1 N–H and O–H groups in total. The second-order valence-corrected chi connectivity index (χ2v) is 4.23. The Morgan fingerprint density at radius 1 is 1.24 bits per heavy atom. The lowest BCUT2D eigenvalue weighted by Gasteiger charge is -2.16. The minimum atomic E-state index is -0.353. The molecule has 92 valence electrons. The molecule has 4 heteroatoms. The third-order valence-electron chi connectivity index (χ3n) is 3.35. The number of carbonyl (C=O) groups excluding carboxylic acids is 1. The highest BCUT2D eigenvalue weighted by atomic mass is 16.5. The van der Waals surface area contributed by atoms with Crippen molar-refractivity contribution in [3.8, 4) is 11.5 Å². The van der Waals surface area contributed by atoms with Gasteiger partial charge in [0.25, 0.3) is 0 Å². The van der Waals surface area contributed by atoms with E-state index in [1.54, 1.807) is 21.3 Å². The standard InChI is InChI=1S/C13H17NO3/c1-14-12(15)13(6-7-13)9-4-5-10(16-2)11(8-9)17-3/h4-5,8H,6-7H2,1-3H3,(H,14,15).